The number of carbonyl (C=O) groups excluding carboxylic acids is 1. The second kappa shape index (κ2) is 10.2. The van der Waals surface area contributed by atoms with Crippen LogP contribution in [0.4, 0.5) is 4.39 Å². The lowest BCUT2D eigenvalue weighted by molar-refractivity contribution is -0.0888. The molecule has 0 aliphatic carbocycles. The van der Waals surface area contributed by atoms with E-state index in [1.807, 2.05) is 0 Å². The fourth-order valence-electron chi connectivity index (χ4n) is 5.19. The van der Waals surface area contributed by atoms with Crippen LogP contribution in [0.3, 0.4) is 0 Å². The summed E-state index contributed by atoms with van der Waals surface area (Å²) in [4.78, 5) is 19.4. The molecule has 2 aromatic carbocycles. The Kier molecular flexibility index (Phi) is 7.24. The molecule has 2 aromatic heterocycles. The molecule has 0 saturated heterocycles. The van der Waals surface area contributed by atoms with Crippen molar-refractivity contribution in [2.45, 2.75) is 29.7 Å². The number of pyridine rings is 1. The lowest BCUT2D eigenvalue weighted by Crippen LogP contribution is -2.46. The van der Waals surface area contributed by atoms with Crippen LogP contribution < -0.4 is 0 Å². The number of nitrogens with zero attached hydrogens (tertiary/aromatic N) is 4. The van der Waals surface area contributed by atoms with Crippen molar-refractivity contribution < 1.29 is 27.4 Å². The number of ether oxygens (including phenoxy) is 1. The number of aliphatic hydroxyl groups is 1. The zero-order valence-electron chi connectivity index (χ0n) is 22.4. The standard InChI is InChI=1S/C28H25Cl2FN4O5S/c1-27(37,18-12-33-34(2)14-18)17-9-21-25(22(31)10-17)28(40-3,16-5-7-19(29)8-6-16)35(26(21)36)15-23-24(41(4,38)39)11-20(30)13-32-23/h5-14,37H,15H2,1-4H3/t27?,28-/m1/s1. The van der Waals surface area contributed by atoms with E-state index in [9.17, 15) is 18.3 Å². The maximum Gasteiger partial charge on any atom is 0.257 e. The van der Waals surface area contributed by atoms with E-state index < -0.39 is 32.9 Å². The summed E-state index contributed by atoms with van der Waals surface area (Å²) in [6.07, 6.45) is 5.30. The molecule has 5 rings (SSSR count). The number of aryl methyl sites for hydroxylation is 1. The van der Waals surface area contributed by atoms with Crippen molar-refractivity contribution in [3.05, 3.63) is 110 Å². The smallest absolute Gasteiger partial charge is 0.257 e. The molecular weight excluding hydrogens is 594 g/mol. The SMILES string of the molecule is CO[C@]1(c2ccc(Cl)cc2)c2c(F)cc(C(C)(O)c3cnn(C)c3)cc2C(=O)N1Cc1ncc(Cl)cc1S(C)(=O)=O. The molecule has 1 unspecified atom stereocenters. The van der Waals surface area contributed by atoms with Gasteiger partial charge in [-0.3, -0.25) is 19.4 Å². The molecule has 0 fully saturated rings. The molecule has 0 spiro atoms. The highest BCUT2D eigenvalue weighted by molar-refractivity contribution is 7.90. The predicted molar refractivity (Wildman–Crippen MR) is 150 cm³/mol. The minimum absolute atomic E-state index is 0.0106. The monoisotopic (exact) mass is 618 g/mol. The number of fused-ring (bicyclic) bond motifs is 1. The molecule has 0 bridgehead atoms. The number of carbonyl (C=O) groups is 1. The van der Waals surface area contributed by atoms with Gasteiger partial charge < -0.3 is 9.84 Å². The number of hydrogen-bond donors (Lipinski definition) is 1. The molecule has 0 saturated carbocycles. The van der Waals surface area contributed by atoms with Gasteiger partial charge in [-0.05, 0) is 42.8 Å². The second-order valence-electron chi connectivity index (χ2n) is 9.97. The van der Waals surface area contributed by atoms with Crippen LogP contribution in [-0.2, 0) is 39.5 Å². The molecule has 1 N–H and O–H groups in total. The van der Waals surface area contributed by atoms with Crippen LogP contribution in [0.2, 0.25) is 10.0 Å². The lowest BCUT2D eigenvalue weighted by atomic mass is 9.85. The van der Waals surface area contributed by atoms with Gasteiger partial charge in [0.05, 0.1) is 39.5 Å². The molecule has 2 atom stereocenters. The fourth-order valence-corrected chi connectivity index (χ4v) is 6.43. The minimum atomic E-state index is -3.82. The van der Waals surface area contributed by atoms with Crippen molar-refractivity contribution in [1.29, 1.82) is 0 Å². The topological polar surface area (TPSA) is 115 Å². The summed E-state index contributed by atoms with van der Waals surface area (Å²) in [5.41, 5.74) is -2.84. The van der Waals surface area contributed by atoms with Crippen molar-refractivity contribution in [1.82, 2.24) is 19.7 Å². The highest BCUT2D eigenvalue weighted by Crippen LogP contribution is 2.48. The zero-order chi connectivity index (χ0) is 29.9. The number of aromatic nitrogens is 3. The largest absolute Gasteiger partial charge is 0.381 e. The van der Waals surface area contributed by atoms with Gasteiger partial charge in [0.2, 0.25) is 0 Å². The van der Waals surface area contributed by atoms with E-state index in [0.717, 1.165) is 12.3 Å². The van der Waals surface area contributed by atoms with Crippen LogP contribution in [0.15, 0.2) is 66.0 Å². The zero-order valence-corrected chi connectivity index (χ0v) is 24.7. The summed E-state index contributed by atoms with van der Waals surface area (Å²) in [7, 11) is -0.823. The predicted octanol–water partition coefficient (Wildman–Crippen LogP) is 4.42. The molecule has 1 aliphatic rings. The average Bonchev–Trinajstić information content (AvgIpc) is 3.45. The summed E-state index contributed by atoms with van der Waals surface area (Å²) in [5, 5.41) is 16.0. The number of halogens is 3. The third-order valence-electron chi connectivity index (χ3n) is 7.25. The molecular formula is C28H25Cl2FN4O5S. The van der Waals surface area contributed by atoms with E-state index in [1.165, 1.54) is 48.1 Å². The Hall–Kier alpha value is -3.35. The Morgan fingerprint density at radius 1 is 1.10 bits per heavy atom. The van der Waals surface area contributed by atoms with Gasteiger partial charge in [-0.15, -0.1) is 0 Å². The lowest BCUT2D eigenvalue weighted by Gasteiger charge is -2.38. The first kappa shape index (κ1) is 29.2. The Morgan fingerprint density at radius 3 is 2.37 bits per heavy atom. The van der Waals surface area contributed by atoms with Gasteiger partial charge in [0.25, 0.3) is 5.91 Å². The van der Waals surface area contributed by atoms with Crippen LogP contribution in [0.25, 0.3) is 0 Å². The summed E-state index contributed by atoms with van der Waals surface area (Å²) < 4.78 is 49.0. The molecule has 1 aliphatic heterocycles. The van der Waals surface area contributed by atoms with Gasteiger partial charge in [0.1, 0.15) is 11.4 Å². The van der Waals surface area contributed by atoms with Gasteiger partial charge in [0, 0.05) is 49.0 Å². The van der Waals surface area contributed by atoms with Crippen molar-refractivity contribution in [2.24, 2.45) is 7.05 Å². The maximum absolute atomic E-state index is 16.3. The van der Waals surface area contributed by atoms with Crippen molar-refractivity contribution >= 4 is 38.9 Å². The van der Waals surface area contributed by atoms with Gasteiger partial charge in [0.15, 0.2) is 15.6 Å². The summed E-state index contributed by atoms with van der Waals surface area (Å²) in [5.74, 6) is -1.49. The van der Waals surface area contributed by atoms with Crippen LogP contribution in [0.1, 0.15) is 45.2 Å². The van der Waals surface area contributed by atoms with Crippen molar-refractivity contribution in [3.63, 3.8) is 0 Å². The molecule has 3 heterocycles. The maximum atomic E-state index is 16.3. The molecule has 214 valence electrons. The normalized spacial score (nSPS) is 18.4. The van der Waals surface area contributed by atoms with Crippen LogP contribution in [0.5, 0.6) is 0 Å². The Morgan fingerprint density at radius 2 is 1.78 bits per heavy atom. The Balaban J connectivity index is 1.75. The van der Waals surface area contributed by atoms with Crippen LogP contribution in [-0.4, -0.2) is 52.5 Å². The fraction of sp³-hybridized carbons (Fsp3) is 0.250. The molecule has 13 heteroatoms. The quantitative estimate of drug-likeness (QED) is 0.326. The van der Waals surface area contributed by atoms with E-state index in [4.69, 9.17) is 27.9 Å². The van der Waals surface area contributed by atoms with E-state index in [0.29, 0.717) is 16.1 Å². The summed E-state index contributed by atoms with van der Waals surface area (Å²) in [6, 6.07) is 10.1. The first-order valence-electron chi connectivity index (χ1n) is 12.2. The van der Waals surface area contributed by atoms with E-state index in [-0.39, 0.29) is 38.8 Å². The Labute approximate surface area is 246 Å². The van der Waals surface area contributed by atoms with Gasteiger partial charge >= 0.3 is 0 Å². The second-order valence-corrected chi connectivity index (χ2v) is 12.8. The van der Waals surface area contributed by atoms with E-state index in [2.05, 4.69) is 10.1 Å². The minimum Gasteiger partial charge on any atom is -0.381 e. The molecule has 1 amide bonds. The van der Waals surface area contributed by atoms with E-state index in [1.54, 1.807) is 37.5 Å². The molecule has 9 nitrogen and oxygen atoms in total. The van der Waals surface area contributed by atoms with Crippen molar-refractivity contribution in [3.8, 4) is 0 Å². The first-order valence-corrected chi connectivity index (χ1v) is 14.9. The van der Waals surface area contributed by atoms with Crippen molar-refractivity contribution in [2.75, 3.05) is 13.4 Å². The number of methoxy groups -OCH3 is 1. The average molecular weight is 620 g/mol. The number of amides is 1. The van der Waals surface area contributed by atoms with Gasteiger partial charge in [-0.25, -0.2) is 12.8 Å². The number of sulfone groups is 1. The first-order chi connectivity index (χ1) is 19.2. The van der Waals surface area contributed by atoms with E-state index >= 15 is 4.39 Å². The number of rotatable bonds is 7. The summed E-state index contributed by atoms with van der Waals surface area (Å²) >= 11 is 12.2. The number of hydrogen-bond acceptors (Lipinski definition) is 7. The van der Waals surface area contributed by atoms with Crippen LogP contribution >= 0.6 is 23.2 Å². The highest BCUT2D eigenvalue weighted by Gasteiger charge is 2.54. The van der Waals surface area contributed by atoms with Gasteiger partial charge in [-0.1, -0.05) is 35.3 Å². The van der Waals surface area contributed by atoms with Gasteiger partial charge in [-0.2, -0.15) is 5.10 Å². The molecule has 4 aromatic rings. The van der Waals surface area contributed by atoms with Crippen LogP contribution in [0, 0.1) is 5.82 Å². The number of benzene rings is 2. The molecule has 0 radical (unpaired) electrons. The molecule has 41 heavy (non-hydrogen) atoms. The highest BCUT2D eigenvalue weighted by atomic mass is 35.5. The third-order valence-corrected chi connectivity index (χ3v) is 8.86. The Bertz CT molecular complexity index is 1790. The third kappa shape index (κ3) is 4.81. The summed E-state index contributed by atoms with van der Waals surface area (Å²) in [6.45, 7) is 1.10.